The van der Waals surface area contributed by atoms with E-state index in [0.29, 0.717) is 13.2 Å². The quantitative estimate of drug-likeness (QED) is 0.0391. The summed E-state index contributed by atoms with van der Waals surface area (Å²) >= 11 is 0. The van der Waals surface area contributed by atoms with Crippen molar-refractivity contribution in [1.29, 1.82) is 0 Å². The molecule has 0 unspecified atom stereocenters. The minimum Gasteiger partial charge on any atom is -0.463 e. The summed E-state index contributed by atoms with van der Waals surface area (Å²) in [6.07, 6.45) is 49.6. The SMILES string of the molecule is CCCCC/C=C\C/C=C\CCCCCCCCN(CCCCCCCC/C=C\C/C=C\CCCCC)CCOC(=O)CN(C)C. The minimum absolute atomic E-state index is 0.118. The minimum atomic E-state index is -0.118. The van der Waals surface area contributed by atoms with E-state index in [1.807, 2.05) is 19.0 Å². The van der Waals surface area contributed by atoms with Crippen LogP contribution in [0.1, 0.15) is 168 Å². The van der Waals surface area contributed by atoms with Gasteiger partial charge in [-0.3, -0.25) is 14.6 Å². The maximum atomic E-state index is 12.0. The Balaban J connectivity index is 3.99. The maximum Gasteiger partial charge on any atom is 0.320 e. The first-order valence-corrected chi connectivity index (χ1v) is 19.7. The van der Waals surface area contributed by atoms with Gasteiger partial charge in [-0.15, -0.1) is 0 Å². The van der Waals surface area contributed by atoms with Crippen LogP contribution in [0.25, 0.3) is 0 Å². The molecule has 268 valence electrons. The van der Waals surface area contributed by atoms with Crippen molar-refractivity contribution in [3.05, 3.63) is 48.6 Å². The van der Waals surface area contributed by atoms with Crippen molar-refractivity contribution in [2.75, 3.05) is 46.9 Å². The Morgan fingerprint density at radius 3 is 1.24 bits per heavy atom. The van der Waals surface area contributed by atoms with Crippen LogP contribution in [0.5, 0.6) is 0 Å². The largest absolute Gasteiger partial charge is 0.463 e. The molecule has 0 bridgehead atoms. The number of hydrogen-bond acceptors (Lipinski definition) is 4. The lowest BCUT2D eigenvalue weighted by molar-refractivity contribution is -0.144. The number of carbonyl (C=O) groups is 1. The molecule has 0 aromatic rings. The van der Waals surface area contributed by atoms with E-state index < -0.39 is 0 Å². The Bertz CT molecular complexity index is 692. The van der Waals surface area contributed by atoms with Gasteiger partial charge in [-0.2, -0.15) is 0 Å². The van der Waals surface area contributed by atoms with Gasteiger partial charge in [0, 0.05) is 6.54 Å². The van der Waals surface area contributed by atoms with Crippen molar-refractivity contribution in [2.24, 2.45) is 0 Å². The summed E-state index contributed by atoms with van der Waals surface area (Å²) in [5.41, 5.74) is 0. The molecule has 4 nitrogen and oxygen atoms in total. The summed E-state index contributed by atoms with van der Waals surface area (Å²) in [7, 11) is 3.81. The molecule has 0 saturated carbocycles. The van der Waals surface area contributed by atoms with Gasteiger partial charge >= 0.3 is 5.97 Å². The summed E-state index contributed by atoms with van der Waals surface area (Å²) in [5.74, 6) is -0.118. The molecule has 0 rings (SSSR count). The third kappa shape index (κ3) is 36.8. The van der Waals surface area contributed by atoms with Crippen LogP contribution in [-0.4, -0.2) is 62.7 Å². The second-order valence-electron chi connectivity index (χ2n) is 13.5. The lowest BCUT2D eigenvalue weighted by Gasteiger charge is -2.22. The molecule has 0 aliphatic carbocycles. The monoisotopic (exact) mass is 643 g/mol. The molecular weight excluding hydrogens is 564 g/mol. The molecule has 0 atom stereocenters. The molecule has 0 amide bonds. The molecule has 0 spiro atoms. The normalized spacial score (nSPS) is 12.4. The number of unbranched alkanes of at least 4 members (excludes halogenated alkanes) is 18. The van der Waals surface area contributed by atoms with Gasteiger partial charge < -0.3 is 4.74 Å². The van der Waals surface area contributed by atoms with Crippen LogP contribution in [-0.2, 0) is 9.53 Å². The highest BCUT2D eigenvalue weighted by atomic mass is 16.5. The number of likely N-dealkylation sites (N-methyl/N-ethyl adjacent to an activating group) is 1. The summed E-state index contributed by atoms with van der Waals surface area (Å²) in [5, 5.41) is 0. The molecule has 0 fully saturated rings. The van der Waals surface area contributed by atoms with Crippen LogP contribution in [0.4, 0.5) is 0 Å². The van der Waals surface area contributed by atoms with E-state index in [1.54, 1.807) is 0 Å². The molecule has 46 heavy (non-hydrogen) atoms. The average Bonchev–Trinajstić information content (AvgIpc) is 3.03. The molecular formula is C42H78N2O2. The van der Waals surface area contributed by atoms with E-state index in [4.69, 9.17) is 4.74 Å². The van der Waals surface area contributed by atoms with Gasteiger partial charge in [0.25, 0.3) is 0 Å². The van der Waals surface area contributed by atoms with Gasteiger partial charge in [-0.1, -0.05) is 140 Å². The van der Waals surface area contributed by atoms with E-state index >= 15 is 0 Å². The highest BCUT2D eigenvalue weighted by Crippen LogP contribution is 2.11. The Labute approximate surface area is 288 Å². The second-order valence-corrected chi connectivity index (χ2v) is 13.5. The first-order valence-electron chi connectivity index (χ1n) is 19.7. The van der Waals surface area contributed by atoms with E-state index in [-0.39, 0.29) is 5.97 Å². The summed E-state index contributed by atoms with van der Waals surface area (Å²) < 4.78 is 5.51. The van der Waals surface area contributed by atoms with Crippen molar-refractivity contribution in [3.63, 3.8) is 0 Å². The lowest BCUT2D eigenvalue weighted by atomic mass is 10.1. The Kier molecular flexibility index (Phi) is 36.4. The second kappa shape index (κ2) is 37.8. The average molecular weight is 643 g/mol. The van der Waals surface area contributed by atoms with E-state index in [9.17, 15) is 4.79 Å². The summed E-state index contributed by atoms with van der Waals surface area (Å²) in [6, 6.07) is 0. The number of esters is 1. The van der Waals surface area contributed by atoms with Crippen molar-refractivity contribution >= 4 is 5.97 Å². The van der Waals surface area contributed by atoms with Crippen molar-refractivity contribution in [3.8, 4) is 0 Å². The van der Waals surface area contributed by atoms with Gasteiger partial charge in [-0.05, 0) is 104 Å². The lowest BCUT2D eigenvalue weighted by Crippen LogP contribution is -2.32. The van der Waals surface area contributed by atoms with Crippen molar-refractivity contribution < 1.29 is 9.53 Å². The van der Waals surface area contributed by atoms with Gasteiger partial charge in [0.1, 0.15) is 6.61 Å². The number of rotatable bonds is 35. The zero-order valence-corrected chi connectivity index (χ0v) is 31.3. The zero-order valence-electron chi connectivity index (χ0n) is 31.3. The van der Waals surface area contributed by atoms with Gasteiger partial charge in [0.05, 0.1) is 6.54 Å². The topological polar surface area (TPSA) is 32.8 Å². The number of hydrogen-bond donors (Lipinski definition) is 0. The summed E-state index contributed by atoms with van der Waals surface area (Å²) in [6.45, 7) is 8.51. The fourth-order valence-corrected chi connectivity index (χ4v) is 5.58. The third-order valence-electron chi connectivity index (χ3n) is 8.47. The fraction of sp³-hybridized carbons (Fsp3) is 0.786. The molecule has 4 heteroatoms. The number of nitrogens with zero attached hydrogens (tertiary/aromatic N) is 2. The van der Waals surface area contributed by atoms with Crippen LogP contribution in [0.2, 0.25) is 0 Å². The van der Waals surface area contributed by atoms with Gasteiger partial charge in [0.15, 0.2) is 0 Å². The highest BCUT2D eigenvalue weighted by molar-refractivity contribution is 5.71. The highest BCUT2D eigenvalue weighted by Gasteiger charge is 2.08. The van der Waals surface area contributed by atoms with E-state index in [1.165, 1.54) is 141 Å². The van der Waals surface area contributed by atoms with Crippen LogP contribution in [0.15, 0.2) is 48.6 Å². The summed E-state index contributed by atoms with van der Waals surface area (Å²) in [4.78, 5) is 16.4. The van der Waals surface area contributed by atoms with Crippen molar-refractivity contribution in [1.82, 2.24) is 9.80 Å². The molecule has 0 heterocycles. The molecule has 0 saturated heterocycles. The number of allylic oxidation sites excluding steroid dienone is 8. The zero-order chi connectivity index (χ0) is 33.6. The predicted molar refractivity (Wildman–Crippen MR) is 205 cm³/mol. The number of ether oxygens (including phenoxy) is 1. The molecule has 0 aromatic heterocycles. The fourth-order valence-electron chi connectivity index (χ4n) is 5.58. The van der Waals surface area contributed by atoms with Crippen LogP contribution >= 0.6 is 0 Å². The first-order chi connectivity index (χ1) is 22.6. The third-order valence-corrected chi connectivity index (χ3v) is 8.47. The Morgan fingerprint density at radius 1 is 0.478 bits per heavy atom. The molecule has 0 radical (unpaired) electrons. The molecule has 0 aliphatic rings. The van der Waals surface area contributed by atoms with Crippen LogP contribution in [0, 0.1) is 0 Å². The first kappa shape index (κ1) is 44.4. The molecule has 0 N–H and O–H groups in total. The van der Waals surface area contributed by atoms with Gasteiger partial charge in [0.2, 0.25) is 0 Å². The van der Waals surface area contributed by atoms with Crippen LogP contribution in [0.3, 0.4) is 0 Å². The van der Waals surface area contributed by atoms with Gasteiger partial charge in [-0.25, -0.2) is 0 Å². The number of carbonyl (C=O) groups excluding carboxylic acids is 1. The standard InChI is InChI=1S/C42H78N2O2/c1-5-7-9-11-13-15-17-19-21-23-25-27-29-31-33-35-37-44(39-40-46-42(45)41-43(3)4)38-36-34-32-30-28-26-24-22-20-18-16-14-12-10-8-6-2/h13-16,19-22H,5-12,17-18,23-41H2,1-4H3/b15-13-,16-14-,21-19-,22-20-. The molecule has 0 aromatic carbocycles. The predicted octanol–water partition coefficient (Wildman–Crippen LogP) is 12.0. The van der Waals surface area contributed by atoms with E-state index in [2.05, 4.69) is 67.4 Å². The Morgan fingerprint density at radius 2 is 0.848 bits per heavy atom. The van der Waals surface area contributed by atoms with Crippen molar-refractivity contribution in [2.45, 2.75) is 168 Å². The van der Waals surface area contributed by atoms with E-state index in [0.717, 1.165) is 32.5 Å². The smallest absolute Gasteiger partial charge is 0.320 e. The Hall–Kier alpha value is -1.65. The van der Waals surface area contributed by atoms with Crippen LogP contribution < -0.4 is 0 Å². The molecule has 0 aliphatic heterocycles. The maximum absolute atomic E-state index is 12.0.